The molecule has 1 amide bonds. The third-order valence-corrected chi connectivity index (χ3v) is 4.53. The van der Waals surface area contributed by atoms with Gasteiger partial charge >= 0.3 is 5.97 Å². The Balaban J connectivity index is 1.95. The molecule has 2 aromatic carbocycles. The van der Waals surface area contributed by atoms with Crippen molar-refractivity contribution in [3.63, 3.8) is 0 Å². The largest absolute Gasteiger partial charge is 0.451 e. The molecule has 1 N–H and O–H groups in total. The number of ether oxygens (including phenoxy) is 2. The molecule has 0 aliphatic rings. The number of anilines is 1. The molecule has 0 radical (unpaired) electrons. The first-order valence-electron chi connectivity index (χ1n) is 10.3. The molecule has 0 unspecified atom stereocenters. The summed E-state index contributed by atoms with van der Waals surface area (Å²) < 4.78 is 10.9. The second kappa shape index (κ2) is 10.4. The summed E-state index contributed by atoms with van der Waals surface area (Å²) in [7, 11) is 0. The highest BCUT2D eigenvalue weighted by Gasteiger charge is 2.22. The Bertz CT molecular complexity index is 908. The molecule has 0 saturated carbocycles. The van der Waals surface area contributed by atoms with Crippen LogP contribution in [0, 0.1) is 5.41 Å². The molecule has 0 heterocycles. The maximum atomic E-state index is 12.6. The average molecular weight is 426 g/mol. The van der Waals surface area contributed by atoms with Crippen LogP contribution in [-0.4, -0.2) is 29.9 Å². The summed E-state index contributed by atoms with van der Waals surface area (Å²) >= 11 is 0. The summed E-state index contributed by atoms with van der Waals surface area (Å²) in [5.74, 6) is -0.995. The Morgan fingerprint density at radius 1 is 0.871 bits per heavy atom. The van der Waals surface area contributed by atoms with Gasteiger partial charge < -0.3 is 14.8 Å². The number of rotatable bonds is 8. The van der Waals surface area contributed by atoms with E-state index in [1.54, 1.807) is 55.5 Å². The highest BCUT2D eigenvalue weighted by atomic mass is 16.5. The number of amides is 1. The van der Waals surface area contributed by atoms with Gasteiger partial charge in [0, 0.05) is 16.7 Å². The van der Waals surface area contributed by atoms with E-state index >= 15 is 0 Å². The van der Waals surface area contributed by atoms with E-state index in [2.05, 4.69) is 5.32 Å². The van der Waals surface area contributed by atoms with Crippen molar-refractivity contribution in [3.8, 4) is 0 Å². The van der Waals surface area contributed by atoms with Crippen molar-refractivity contribution in [1.29, 1.82) is 0 Å². The summed E-state index contributed by atoms with van der Waals surface area (Å²) in [6.45, 7) is 11.4. The van der Waals surface area contributed by atoms with Gasteiger partial charge in [-0.05, 0) is 62.7 Å². The molecule has 2 rings (SSSR count). The van der Waals surface area contributed by atoms with Crippen LogP contribution in [-0.2, 0) is 20.9 Å². The monoisotopic (exact) mass is 425 g/mol. The number of carbonyl (C=O) groups is 3. The van der Waals surface area contributed by atoms with E-state index in [9.17, 15) is 14.4 Å². The molecular weight excluding hydrogens is 394 g/mol. The Kier molecular flexibility index (Phi) is 8.11. The van der Waals surface area contributed by atoms with E-state index in [0.717, 1.165) is 5.56 Å². The van der Waals surface area contributed by atoms with Gasteiger partial charge in [0.2, 0.25) is 11.7 Å². The van der Waals surface area contributed by atoms with Crippen LogP contribution in [0.3, 0.4) is 0 Å². The van der Waals surface area contributed by atoms with Gasteiger partial charge in [0.15, 0.2) is 6.10 Å². The fourth-order valence-electron chi connectivity index (χ4n) is 2.55. The summed E-state index contributed by atoms with van der Waals surface area (Å²) in [5, 5.41) is 2.81. The third-order valence-electron chi connectivity index (χ3n) is 4.53. The first kappa shape index (κ1) is 24.3. The van der Waals surface area contributed by atoms with Crippen molar-refractivity contribution in [2.75, 3.05) is 5.32 Å². The fraction of sp³-hybridized carbons (Fsp3) is 0.400. The first-order valence-corrected chi connectivity index (χ1v) is 10.3. The minimum Gasteiger partial charge on any atom is -0.451 e. The minimum atomic E-state index is -0.938. The van der Waals surface area contributed by atoms with Crippen molar-refractivity contribution in [2.24, 2.45) is 5.41 Å². The van der Waals surface area contributed by atoms with Crippen LogP contribution >= 0.6 is 0 Å². The highest BCUT2D eigenvalue weighted by Crippen LogP contribution is 2.19. The molecular formula is C25H31NO5. The number of ketones is 1. The first-order chi connectivity index (χ1) is 14.5. The second-order valence-electron chi connectivity index (χ2n) is 8.75. The lowest BCUT2D eigenvalue weighted by atomic mass is 9.95. The molecule has 6 nitrogen and oxygen atoms in total. The maximum Gasteiger partial charge on any atom is 0.338 e. The van der Waals surface area contributed by atoms with E-state index in [1.165, 1.54) is 0 Å². The summed E-state index contributed by atoms with van der Waals surface area (Å²) in [4.78, 5) is 37.1. The number of hydrogen-bond donors (Lipinski definition) is 1. The highest BCUT2D eigenvalue weighted by molar-refractivity contribution is 6.02. The molecule has 0 aliphatic heterocycles. The zero-order chi connectivity index (χ0) is 23.2. The molecule has 0 aromatic heterocycles. The van der Waals surface area contributed by atoms with E-state index < -0.39 is 17.5 Å². The molecule has 2 aromatic rings. The fourth-order valence-corrected chi connectivity index (χ4v) is 2.55. The van der Waals surface area contributed by atoms with Crippen LogP contribution in [0.1, 0.15) is 67.8 Å². The number of esters is 1. The normalized spacial score (nSPS) is 12.4. The summed E-state index contributed by atoms with van der Waals surface area (Å²) in [6.07, 6.45) is -0.813. The van der Waals surface area contributed by atoms with Gasteiger partial charge in [-0.25, -0.2) is 4.79 Å². The minimum absolute atomic E-state index is 0.115. The van der Waals surface area contributed by atoms with Crippen LogP contribution in [0.2, 0.25) is 0 Å². The standard InChI is InChI=1S/C25H31NO5/c1-16(2)30-15-18-7-9-20(10-8-18)23(28)31-17(3)22(27)19-11-13-21(14-12-19)26-24(29)25(4,5)6/h7-14,16-17H,15H2,1-6H3,(H,26,29)/t17-/m0/s1. The smallest absolute Gasteiger partial charge is 0.338 e. The van der Waals surface area contributed by atoms with Crippen molar-refractivity contribution in [3.05, 3.63) is 65.2 Å². The Morgan fingerprint density at radius 3 is 1.94 bits per heavy atom. The lowest BCUT2D eigenvalue weighted by molar-refractivity contribution is -0.123. The van der Waals surface area contributed by atoms with Crippen molar-refractivity contribution in [2.45, 2.75) is 60.4 Å². The predicted octanol–water partition coefficient (Wildman–Crippen LogP) is 5.02. The zero-order valence-electron chi connectivity index (χ0n) is 19.0. The summed E-state index contributed by atoms with van der Waals surface area (Å²) in [6, 6.07) is 13.4. The van der Waals surface area contributed by atoms with Crippen molar-refractivity contribution in [1.82, 2.24) is 0 Å². The van der Waals surface area contributed by atoms with Gasteiger partial charge in [0.05, 0.1) is 18.3 Å². The topological polar surface area (TPSA) is 81.7 Å². The van der Waals surface area contributed by atoms with Gasteiger partial charge in [-0.3, -0.25) is 9.59 Å². The third kappa shape index (κ3) is 7.33. The quantitative estimate of drug-likeness (QED) is 0.474. The van der Waals surface area contributed by atoms with Crippen molar-refractivity contribution >= 4 is 23.3 Å². The Hall–Kier alpha value is -2.99. The molecule has 1 atom stereocenters. The Labute approximate surface area is 183 Å². The lowest BCUT2D eigenvalue weighted by Crippen LogP contribution is -2.27. The summed E-state index contributed by atoms with van der Waals surface area (Å²) in [5.41, 5.74) is 1.80. The van der Waals surface area contributed by atoms with Gasteiger partial charge in [-0.2, -0.15) is 0 Å². The van der Waals surface area contributed by atoms with Crippen LogP contribution < -0.4 is 5.32 Å². The number of nitrogens with one attached hydrogen (secondary N) is 1. The van der Waals surface area contributed by atoms with E-state index in [1.807, 2.05) is 34.6 Å². The molecule has 0 spiro atoms. The number of carbonyl (C=O) groups excluding carboxylic acids is 3. The Morgan fingerprint density at radius 2 is 1.42 bits per heavy atom. The van der Waals surface area contributed by atoms with Gasteiger partial charge in [0.25, 0.3) is 0 Å². The lowest BCUT2D eigenvalue weighted by Gasteiger charge is -2.18. The molecule has 6 heteroatoms. The SMILES string of the molecule is CC(C)OCc1ccc(C(=O)O[C@@H](C)C(=O)c2ccc(NC(=O)C(C)(C)C)cc2)cc1. The molecule has 0 saturated heterocycles. The molecule has 0 aliphatic carbocycles. The zero-order valence-corrected chi connectivity index (χ0v) is 19.0. The van der Waals surface area contributed by atoms with Crippen LogP contribution in [0.4, 0.5) is 5.69 Å². The number of hydrogen-bond acceptors (Lipinski definition) is 5. The number of Topliss-reactive ketones (excluding diaryl/α,β-unsaturated/α-hetero) is 1. The van der Waals surface area contributed by atoms with Crippen LogP contribution in [0.5, 0.6) is 0 Å². The van der Waals surface area contributed by atoms with Crippen LogP contribution in [0.15, 0.2) is 48.5 Å². The molecule has 166 valence electrons. The van der Waals surface area contributed by atoms with Crippen molar-refractivity contribution < 1.29 is 23.9 Å². The molecule has 31 heavy (non-hydrogen) atoms. The molecule has 0 bridgehead atoms. The van der Waals surface area contributed by atoms with Gasteiger partial charge in [-0.1, -0.05) is 32.9 Å². The van der Waals surface area contributed by atoms with E-state index in [-0.39, 0.29) is 17.8 Å². The van der Waals surface area contributed by atoms with Gasteiger partial charge in [-0.15, -0.1) is 0 Å². The van der Waals surface area contributed by atoms with Gasteiger partial charge in [0.1, 0.15) is 0 Å². The maximum absolute atomic E-state index is 12.6. The molecule has 0 fully saturated rings. The number of benzene rings is 2. The van der Waals surface area contributed by atoms with E-state index in [4.69, 9.17) is 9.47 Å². The average Bonchev–Trinajstić information content (AvgIpc) is 2.71. The second-order valence-corrected chi connectivity index (χ2v) is 8.75. The van der Waals surface area contributed by atoms with E-state index in [0.29, 0.717) is 23.4 Å². The van der Waals surface area contributed by atoms with Crippen LogP contribution in [0.25, 0.3) is 0 Å². The predicted molar refractivity (Wildman–Crippen MR) is 120 cm³/mol.